The minimum Gasteiger partial charge on any atom is -0.497 e. The largest absolute Gasteiger partial charge is 0.497 e. The Hall–Kier alpha value is -5.26. The van der Waals surface area contributed by atoms with Crippen molar-refractivity contribution in [3.8, 4) is 5.75 Å². The van der Waals surface area contributed by atoms with E-state index in [9.17, 15) is 24.0 Å². The molecular weight excluding hydrogens is 624 g/mol. The van der Waals surface area contributed by atoms with Gasteiger partial charge < -0.3 is 30.9 Å². The standard InChI is InChI=1S/C37H46N6O6/c1-5-24(2)32-36(47)41-31(21-26-12-16-30(49-4)17-13-26)35(46)40-25(3)33(44)39-19-6-7-20-43(37(48)29-9-8-18-38-22-29)23-27-10-14-28(15-11-27)34(45)42-32/h8-18,22,24-25,31-32H,5-7,19-21,23H2,1-4H3,(H,39,44)(H,40,46)(H,41,47)(H,42,45)/t24-,25+,31-,32?/m0/s1. The number of hydrogen-bond acceptors (Lipinski definition) is 7. The first kappa shape index (κ1) is 36.6. The fourth-order valence-corrected chi connectivity index (χ4v) is 5.47. The fourth-order valence-electron chi connectivity index (χ4n) is 5.47. The van der Waals surface area contributed by atoms with Crippen molar-refractivity contribution in [3.05, 3.63) is 95.3 Å². The Bertz CT molecular complexity index is 1580. The van der Waals surface area contributed by atoms with Crippen molar-refractivity contribution in [3.63, 3.8) is 0 Å². The Labute approximate surface area is 287 Å². The van der Waals surface area contributed by atoms with Crippen molar-refractivity contribution in [1.29, 1.82) is 0 Å². The second-order valence-corrected chi connectivity index (χ2v) is 12.3. The van der Waals surface area contributed by atoms with Crippen LogP contribution in [0, 0.1) is 5.92 Å². The molecule has 0 saturated heterocycles. The third-order valence-electron chi connectivity index (χ3n) is 8.71. The van der Waals surface area contributed by atoms with Gasteiger partial charge in [-0.15, -0.1) is 0 Å². The highest BCUT2D eigenvalue weighted by atomic mass is 16.5. The average molecular weight is 671 g/mol. The molecule has 1 unspecified atom stereocenters. The molecule has 0 fully saturated rings. The molecule has 5 amide bonds. The first-order chi connectivity index (χ1) is 23.6. The average Bonchev–Trinajstić information content (AvgIpc) is 3.12. The van der Waals surface area contributed by atoms with Gasteiger partial charge in [-0.2, -0.15) is 0 Å². The van der Waals surface area contributed by atoms with E-state index in [0.717, 1.165) is 11.1 Å². The minimum absolute atomic E-state index is 0.146. The zero-order valence-corrected chi connectivity index (χ0v) is 28.5. The van der Waals surface area contributed by atoms with E-state index in [2.05, 4.69) is 26.3 Å². The molecule has 4 atom stereocenters. The lowest BCUT2D eigenvalue weighted by Crippen LogP contribution is -2.58. The maximum Gasteiger partial charge on any atom is 0.255 e. The van der Waals surface area contributed by atoms with Crippen molar-refractivity contribution in [2.75, 3.05) is 20.2 Å². The summed E-state index contributed by atoms with van der Waals surface area (Å²) < 4.78 is 5.25. The molecule has 2 bridgehead atoms. The summed E-state index contributed by atoms with van der Waals surface area (Å²) in [6.07, 6.45) is 5.07. The summed E-state index contributed by atoms with van der Waals surface area (Å²) >= 11 is 0. The van der Waals surface area contributed by atoms with E-state index in [4.69, 9.17) is 4.74 Å². The Balaban J connectivity index is 1.61. The van der Waals surface area contributed by atoms with Gasteiger partial charge in [0.1, 0.15) is 23.9 Å². The summed E-state index contributed by atoms with van der Waals surface area (Å²) in [6.45, 7) is 6.43. The fraction of sp³-hybridized carbons (Fsp3) is 0.405. The first-order valence-electron chi connectivity index (χ1n) is 16.7. The molecule has 0 saturated carbocycles. The third-order valence-corrected chi connectivity index (χ3v) is 8.71. The Morgan fingerprint density at radius 2 is 1.67 bits per heavy atom. The van der Waals surface area contributed by atoms with E-state index in [-0.39, 0.29) is 24.2 Å². The summed E-state index contributed by atoms with van der Waals surface area (Å²) in [5, 5.41) is 11.3. The van der Waals surface area contributed by atoms with E-state index in [0.29, 0.717) is 55.8 Å². The number of methoxy groups -OCH3 is 1. The molecule has 2 aliphatic rings. The van der Waals surface area contributed by atoms with Gasteiger partial charge >= 0.3 is 0 Å². The topological polar surface area (TPSA) is 159 Å². The van der Waals surface area contributed by atoms with Crippen LogP contribution in [-0.2, 0) is 27.3 Å². The lowest BCUT2D eigenvalue weighted by atomic mass is 9.96. The normalized spacial score (nSPS) is 20.6. The predicted molar refractivity (Wildman–Crippen MR) is 185 cm³/mol. The number of benzene rings is 2. The summed E-state index contributed by atoms with van der Waals surface area (Å²) in [5.41, 5.74) is 2.40. The molecule has 0 aliphatic carbocycles. The number of nitrogens with one attached hydrogen (secondary N) is 4. The van der Waals surface area contributed by atoms with Crippen molar-refractivity contribution in [2.24, 2.45) is 5.92 Å². The van der Waals surface area contributed by atoms with Crippen molar-refractivity contribution < 1.29 is 28.7 Å². The molecule has 260 valence electrons. The number of rotatable bonds is 6. The van der Waals surface area contributed by atoms with Gasteiger partial charge in [-0.1, -0.05) is 44.5 Å². The van der Waals surface area contributed by atoms with Gasteiger partial charge in [0.05, 0.1) is 12.7 Å². The van der Waals surface area contributed by atoms with Crippen molar-refractivity contribution in [2.45, 2.75) is 71.1 Å². The second-order valence-electron chi connectivity index (χ2n) is 12.3. The SMILES string of the molecule is CC[C@H](C)C1NC(=O)c2ccc(cc2)CN(C(=O)c2cccnc2)CCCCNC(=O)[C@@H](C)NC(=O)[C@H](Cc2ccc(OC)cc2)NC1=O. The Kier molecular flexibility index (Phi) is 13.3. The molecule has 0 spiro atoms. The van der Waals surface area contributed by atoms with E-state index >= 15 is 0 Å². The molecule has 12 heteroatoms. The molecule has 2 aliphatic heterocycles. The number of ether oxygens (including phenoxy) is 1. The van der Waals surface area contributed by atoms with Gasteiger partial charge in [0, 0.05) is 44.0 Å². The number of carbonyl (C=O) groups excluding carboxylic acids is 5. The zero-order valence-electron chi connectivity index (χ0n) is 28.5. The Morgan fingerprint density at radius 1 is 0.939 bits per heavy atom. The smallest absolute Gasteiger partial charge is 0.255 e. The van der Waals surface area contributed by atoms with Gasteiger partial charge in [0.15, 0.2) is 0 Å². The van der Waals surface area contributed by atoms with Crippen LogP contribution in [0.5, 0.6) is 5.75 Å². The number of pyridine rings is 1. The highest BCUT2D eigenvalue weighted by molar-refractivity contribution is 5.99. The molecule has 1 aromatic heterocycles. The van der Waals surface area contributed by atoms with Crippen LogP contribution < -0.4 is 26.0 Å². The Morgan fingerprint density at radius 3 is 2.33 bits per heavy atom. The molecule has 0 radical (unpaired) electrons. The lowest BCUT2D eigenvalue weighted by molar-refractivity contribution is -0.132. The molecule has 4 N–H and O–H groups in total. The van der Waals surface area contributed by atoms with Crippen LogP contribution in [0.25, 0.3) is 0 Å². The molecular formula is C37H46N6O6. The summed E-state index contributed by atoms with van der Waals surface area (Å²) in [6, 6.07) is 14.6. The van der Waals surface area contributed by atoms with Crippen LogP contribution in [0.15, 0.2) is 73.1 Å². The molecule has 3 aromatic rings. The number of aromatic nitrogens is 1. The van der Waals surface area contributed by atoms with Crippen LogP contribution in [0.1, 0.15) is 71.9 Å². The number of hydrogen-bond donors (Lipinski definition) is 4. The summed E-state index contributed by atoms with van der Waals surface area (Å²) in [7, 11) is 1.56. The highest BCUT2D eigenvalue weighted by Crippen LogP contribution is 2.16. The highest BCUT2D eigenvalue weighted by Gasteiger charge is 2.31. The number of fused-ring (bicyclic) bond motifs is 18. The number of carbonyl (C=O) groups is 5. The van der Waals surface area contributed by atoms with Gasteiger partial charge in [0.2, 0.25) is 17.7 Å². The predicted octanol–water partition coefficient (Wildman–Crippen LogP) is 3.02. The summed E-state index contributed by atoms with van der Waals surface area (Å²) in [4.78, 5) is 73.0. The number of amides is 5. The van der Waals surface area contributed by atoms with Crippen LogP contribution in [0.2, 0.25) is 0 Å². The molecule has 5 rings (SSSR count). The summed E-state index contributed by atoms with van der Waals surface area (Å²) in [5.74, 6) is -1.65. The van der Waals surface area contributed by atoms with E-state index in [1.807, 2.05) is 13.8 Å². The minimum atomic E-state index is -1.03. The quantitative estimate of drug-likeness (QED) is 0.294. The van der Waals surface area contributed by atoms with Crippen LogP contribution >= 0.6 is 0 Å². The molecule has 2 aromatic carbocycles. The van der Waals surface area contributed by atoms with E-state index in [1.165, 1.54) is 6.20 Å². The van der Waals surface area contributed by atoms with Crippen molar-refractivity contribution in [1.82, 2.24) is 31.2 Å². The molecule has 12 nitrogen and oxygen atoms in total. The molecule has 49 heavy (non-hydrogen) atoms. The van der Waals surface area contributed by atoms with Crippen LogP contribution in [0.4, 0.5) is 0 Å². The van der Waals surface area contributed by atoms with Gasteiger partial charge in [-0.05, 0) is 73.2 Å². The zero-order chi connectivity index (χ0) is 35.3. The lowest BCUT2D eigenvalue weighted by Gasteiger charge is -2.27. The van der Waals surface area contributed by atoms with Gasteiger partial charge in [-0.3, -0.25) is 29.0 Å². The van der Waals surface area contributed by atoms with Gasteiger partial charge in [0.25, 0.3) is 11.8 Å². The monoisotopic (exact) mass is 670 g/mol. The maximum atomic E-state index is 13.8. The van der Waals surface area contributed by atoms with Crippen LogP contribution in [0.3, 0.4) is 0 Å². The van der Waals surface area contributed by atoms with E-state index in [1.54, 1.807) is 85.8 Å². The first-order valence-corrected chi connectivity index (χ1v) is 16.7. The van der Waals surface area contributed by atoms with Crippen molar-refractivity contribution >= 4 is 29.5 Å². The van der Waals surface area contributed by atoms with Crippen LogP contribution in [-0.4, -0.2) is 77.7 Å². The third kappa shape index (κ3) is 10.4. The number of nitrogens with zero attached hydrogens (tertiary/aromatic N) is 2. The van der Waals surface area contributed by atoms with Gasteiger partial charge in [-0.25, -0.2) is 0 Å². The maximum absolute atomic E-state index is 13.8. The molecule has 3 heterocycles. The van der Waals surface area contributed by atoms with E-state index < -0.39 is 35.8 Å². The second kappa shape index (κ2) is 17.8.